The first-order valence-corrected chi connectivity index (χ1v) is 9.58. The molecule has 1 saturated heterocycles. The summed E-state index contributed by atoms with van der Waals surface area (Å²) in [6.45, 7) is 1.78. The van der Waals surface area contributed by atoms with Crippen molar-refractivity contribution in [3.8, 4) is 0 Å². The Hall–Kier alpha value is -3.81. The van der Waals surface area contributed by atoms with E-state index in [-0.39, 0.29) is 40.6 Å². The molecule has 0 radical (unpaired) electrons. The summed E-state index contributed by atoms with van der Waals surface area (Å²) in [5.74, 6) is -2.46. The summed E-state index contributed by atoms with van der Waals surface area (Å²) in [5, 5.41) is 2.62. The van der Waals surface area contributed by atoms with Gasteiger partial charge in [0.05, 0.1) is 23.2 Å². The second kappa shape index (κ2) is 7.55. The molecule has 152 valence electrons. The summed E-state index contributed by atoms with van der Waals surface area (Å²) in [7, 11) is 0. The minimum atomic E-state index is -0.764. The monoisotopic (exact) mass is 404 g/mol. The zero-order valence-corrected chi connectivity index (χ0v) is 16.3. The van der Waals surface area contributed by atoms with Crippen molar-refractivity contribution >= 4 is 35.0 Å². The fourth-order valence-electron chi connectivity index (χ4n) is 3.93. The molecule has 4 amide bonds. The lowest BCUT2D eigenvalue weighted by Crippen LogP contribution is -2.31. The number of pyridine rings is 1. The highest BCUT2D eigenvalue weighted by Gasteiger charge is 2.48. The molecule has 0 saturated carbocycles. The Kier molecular flexibility index (Phi) is 4.91. The number of anilines is 2. The number of hydrogen-bond acceptors (Lipinski definition) is 5. The Bertz CT molecular complexity index is 1080. The van der Waals surface area contributed by atoms with Gasteiger partial charge in [-0.1, -0.05) is 18.2 Å². The number of imide groups is 1. The number of nitrogens with zero attached hydrogens (tertiary/aromatic N) is 2. The lowest BCUT2D eigenvalue weighted by atomic mass is 9.85. The summed E-state index contributed by atoms with van der Waals surface area (Å²) in [4.78, 5) is 55.2. The van der Waals surface area contributed by atoms with Gasteiger partial charge >= 0.3 is 0 Å². The second-order valence-corrected chi connectivity index (χ2v) is 7.39. The van der Waals surface area contributed by atoms with Crippen LogP contribution in [0.2, 0.25) is 0 Å². The van der Waals surface area contributed by atoms with Gasteiger partial charge in [-0.15, -0.1) is 0 Å². The van der Waals surface area contributed by atoms with Crippen LogP contribution in [0.5, 0.6) is 0 Å². The lowest BCUT2D eigenvalue weighted by Gasteiger charge is -2.18. The van der Waals surface area contributed by atoms with Gasteiger partial charge in [-0.25, -0.2) is 9.88 Å². The molecule has 2 aliphatic rings. The number of aryl methyl sites for hydroxylation is 1. The van der Waals surface area contributed by atoms with Crippen molar-refractivity contribution < 1.29 is 19.2 Å². The number of rotatable bonds is 4. The van der Waals surface area contributed by atoms with Crippen LogP contribution in [-0.4, -0.2) is 28.6 Å². The highest BCUT2D eigenvalue weighted by molar-refractivity contribution is 6.23. The van der Waals surface area contributed by atoms with Crippen molar-refractivity contribution in [3.05, 3.63) is 65.5 Å². The molecule has 1 fully saturated rings. The smallest absolute Gasteiger partial charge is 0.269 e. The van der Waals surface area contributed by atoms with E-state index in [1.54, 1.807) is 25.1 Å². The minimum absolute atomic E-state index is 0.0559. The summed E-state index contributed by atoms with van der Waals surface area (Å²) in [5.41, 5.74) is 6.77. The number of hydrogen-bond donors (Lipinski definition) is 2. The number of benzene rings is 1. The van der Waals surface area contributed by atoms with Crippen molar-refractivity contribution in [1.82, 2.24) is 4.98 Å². The first-order valence-electron chi connectivity index (χ1n) is 9.58. The zero-order chi connectivity index (χ0) is 21.4. The largest absolute Gasteiger partial charge is 0.364 e. The van der Waals surface area contributed by atoms with Gasteiger partial charge in [-0.05, 0) is 49.6 Å². The Morgan fingerprint density at radius 1 is 1.10 bits per heavy atom. The second-order valence-electron chi connectivity index (χ2n) is 7.39. The van der Waals surface area contributed by atoms with Gasteiger partial charge in [0.1, 0.15) is 0 Å². The first-order chi connectivity index (χ1) is 14.4. The first kappa shape index (κ1) is 19.5. The molecular weight excluding hydrogens is 384 g/mol. The minimum Gasteiger partial charge on any atom is -0.364 e. The maximum atomic E-state index is 12.9. The quantitative estimate of drug-likeness (QED) is 0.597. The number of carbonyl (C=O) groups excluding carboxylic acids is 4. The number of amides is 4. The molecule has 2 unspecified atom stereocenters. The lowest BCUT2D eigenvalue weighted by molar-refractivity contribution is -0.122. The molecule has 1 aliphatic heterocycles. The maximum Gasteiger partial charge on any atom is 0.269 e. The average molecular weight is 404 g/mol. The normalized spacial score (nSPS) is 20.2. The van der Waals surface area contributed by atoms with E-state index in [1.807, 2.05) is 12.2 Å². The molecule has 30 heavy (non-hydrogen) atoms. The number of fused-ring (bicyclic) bond motifs is 1. The Morgan fingerprint density at radius 2 is 1.77 bits per heavy atom. The highest BCUT2D eigenvalue weighted by atomic mass is 16.2. The molecule has 8 heteroatoms. The third-order valence-corrected chi connectivity index (χ3v) is 5.51. The number of carbonyl (C=O) groups is 4. The molecular formula is C22H20N4O4. The molecule has 2 heterocycles. The van der Waals surface area contributed by atoms with Crippen LogP contribution in [0.25, 0.3) is 0 Å². The van der Waals surface area contributed by atoms with E-state index in [2.05, 4.69) is 10.3 Å². The Balaban J connectivity index is 1.64. The molecule has 3 N–H and O–H groups in total. The average Bonchev–Trinajstić information content (AvgIpc) is 2.99. The summed E-state index contributed by atoms with van der Waals surface area (Å²) in [6.07, 6.45) is 6.34. The number of allylic oxidation sites excluding steroid dienone is 2. The predicted octanol–water partition coefficient (Wildman–Crippen LogP) is 2.20. The molecule has 8 nitrogen and oxygen atoms in total. The molecule has 0 bridgehead atoms. The topological polar surface area (TPSA) is 122 Å². The Labute approximate surface area is 172 Å². The zero-order valence-electron chi connectivity index (χ0n) is 16.3. The van der Waals surface area contributed by atoms with E-state index in [0.717, 1.165) is 0 Å². The highest BCUT2D eigenvalue weighted by Crippen LogP contribution is 2.38. The van der Waals surface area contributed by atoms with Gasteiger partial charge < -0.3 is 11.1 Å². The SMILES string of the molecule is Cc1ccc(C(=O)Nc2cccnc2C(N)=O)cc1N1C(=O)C2CC=CCC2C1=O. The third kappa shape index (κ3) is 3.26. The van der Waals surface area contributed by atoms with E-state index in [4.69, 9.17) is 5.73 Å². The van der Waals surface area contributed by atoms with E-state index in [9.17, 15) is 19.2 Å². The summed E-state index contributed by atoms with van der Waals surface area (Å²) < 4.78 is 0. The van der Waals surface area contributed by atoms with Gasteiger partial charge in [-0.3, -0.25) is 19.2 Å². The van der Waals surface area contributed by atoms with Gasteiger partial charge in [0.2, 0.25) is 11.8 Å². The van der Waals surface area contributed by atoms with Crippen LogP contribution in [0.3, 0.4) is 0 Å². The van der Waals surface area contributed by atoms with Crippen LogP contribution in [0.15, 0.2) is 48.7 Å². The van der Waals surface area contributed by atoms with Crippen molar-refractivity contribution in [2.45, 2.75) is 19.8 Å². The van der Waals surface area contributed by atoms with E-state index >= 15 is 0 Å². The van der Waals surface area contributed by atoms with Gasteiger partial charge in [0.15, 0.2) is 5.69 Å². The third-order valence-electron chi connectivity index (χ3n) is 5.51. The molecule has 2 atom stereocenters. The van der Waals surface area contributed by atoms with Crippen LogP contribution in [0.1, 0.15) is 39.3 Å². The standard InChI is InChI=1S/C22H20N4O4/c1-12-8-9-13(20(28)25-16-7-4-10-24-18(16)19(23)27)11-17(12)26-21(29)14-5-2-3-6-15(14)22(26)30/h2-4,7-11,14-15H,5-6H2,1H3,(H2,23,27)(H,25,28). The van der Waals surface area contributed by atoms with Crippen LogP contribution >= 0.6 is 0 Å². The van der Waals surface area contributed by atoms with Crippen LogP contribution in [-0.2, 0) is 9.59 Å². The maximum absolute atomic E-state index is 12.9. The van der Waals surface area contributed by atoms with E-state index in [1.165, 1.54) is 23.2 Å². The molecule has 0 spiro atoms. The van der Waals surface area contributed by atoms with E-state index < -0.39 is 11.8 Å². The fourth-order valence-corrected chi connectivity index (χ4v) is 3.93. The van der Waals surface area contributed by atoms with Crippen molar-refractivity contribution in [2.24, 2.45) is 17.6 Å². The number of aromatic nitrogens is 1. The number of nitrogens with one attached hydrogen (secondary N) is 1. The fraction of sp³-hybridized carbons (Fsp3) is 0.227. The Morgan fingerprint density at radius 3 is 2.40 bits per heavy atom. The van der Waals surface area contributed by atoms with E-state index in [0.29, 0.717) is 24.1 Å². The number of nitrogens with two attached hydrogens (primary N) is 1. The van der Waals surface area contributed by atoms with Crippen molar-refractivity contribution in [2.75, 3.05) is 10.2 Å². The van der Waals surface area contributed by atoms with Gasteiger partial charge in [0.25, 0.3) is 11.8 Å². The predicted molar refractivity (Wildman–Crippen MR) is 110 cm³/mol. The molecule has 1 aromatic carbocycles. The number of primary amides is 1. The van der Waals surface area contributed by atoms with Gasteiger partial charge in [-0.2, -0.15) is 0 Å². The molecule has 1 aromatic heterocycles. The van der Waals surface area contributed by atoms with Crippen LogP contribution in [0.4, 0.5) is 11.4 Å². The molecule has 4 rings (SSSR count). The van der Waals surface area contributed by atoms with Crippen molar-refractivity contribution in [1.29, 1.82) is 0 Å². The van der Waals surface area contributed by atoms with Gasteiger partial charge in [0, 0.05) is 11.8 Å². The van der Waals surface area contributed by atoms with Crippen LogP contribution in [0, 0.1) is 18.8 Å². The molecule has 1 aliphatic carbocycles. The summed E-state index contributed by atoms with van der Waals surface area (Å²) >= 11 is 0. The summed E-state index contributed by atoms with van der Waals surface area (Å²) in [6, 6.07) is 7.88. The van der Waals surface area contributed by atoms with Crippen molar-refractivity contribution in [3.63, 3.8) is 0 Å². The van der Waals surface area contributed by atoms with Crippen LogP contribution < -0.4 is 16.0 Å². The molecule has 2 aromatic rings.